The summed E-state index contributed by atoms with van der Waals surface area (Å²) >= 11 is 1.36. The molecular formula is C12H21N3OS. The number of likely N-dealkylation sites (N-methyl/N-ethyl adjacent to an activating group) is 1. The first kappa shape index (κ1) is 14.1. The van der Waals surface area contributed by atoms with Crippen LogP contribution in [-0.4, -0.2) is 41.9 Å². The lowest BCUT2D eigenvalue weighted by atomic mass is 10.0. The first-order valence-corrected chi connectivity index (χ1v) is 6.56. The van der Waals surface area contributed by atoms with Crippen molar-refractivity contribution in [3.05, 3.63) is 16.6 Å². The second-order valence-corrected chi connectivity index (χ2v) is 5.92. The van der Waals surface area contributed by atoms with E-state index in [1.54, 1.807) is 0 Å². The molecule has 96 valence electrons. The van der Waals surface area contributed by atoms with Gasteiger partial charge in [-0.15, -0.1) is 0 Å². The molecule has 1 heterocycles. The van der Waals surface area contributed by atoms with Crippen molar-refractivity contribution in [3.8, 4) is 0 Å². The highest BCUT2D eigenvalue weighted by atomic mass is 32.1. The number of hydrogen-bond donors (Lipinski definition) is 1. The highest BCUT2D eigenvalue weighted by Gasteiger charge is 2.19. The van der Waals surface area contributed by atoms with Crippen LogP contribution in [0.3, 0.4) is 0 Å². The maximum Gasteiger partial charge on any atom is 0.271 e. The molecule has 0 saturated carbocycles. The van der Waals surface area contributed by atoms with Gasteiger partial charge < -0.3 is 10.2 Å². The van der Waals surface area contributed by atoms with Gasteiger partial charge in [-0.2, -0.15) is 4.37 Å². The first-order chi connectivity index (χ1) is 7.90. The van der Waals surface area contributed by atoms with Gasteiger partial charge in [-0.3, -0.25) is 4.79 Å². The molecule has 1 rings (SSSR count). The third-order valence-electron chi connectivity index (χ3n) is 2.54. The number of amides is 1. The molecular weight excluding hydrogens is 234 g/mol. The Labute approximate surface area is 107 Å². The molecule has 17 heavy (non-hydrogen) atoms. The molecule has 0 bridgehead atoms. The minimum Gasteiger partial charge on any atom is -0.346 e. The largest absolute Gasteiger partial charge is 0.346 e. The second-order valence-electron chi connectivity index (χ2n) is 4.91. The summed E-state index contributed by atoms with van der Waals surface area (Å²) in [5.41, 5.74) is 0.525. The quantitative estimate of drug-likeness (QED) is 0.872. The third kappa shape index (κ3) is 4.44. The summed E-state index contributed by atoms with van der Waals surface area (Å²) < 4.78 is 4.12. The number of nitrogens with one attached hydrogen (secondary N) is 1. The lowest BCUT2D eigenvalue weighted by Crippen LogP contribution is -2.45. The number of aryl methyl sites for hydroxylation is 1. The number of carbonyl (C=O) groups is 1. The van der Waals surface area contributed by atoms with Gasteiger partial charge in [-0.05, 0) is 44.5 Å². The van der Waals surface area contributed by atoms with Crippen LogP contribution in [-0.2, 0) is 0 Å². The van der Waals surface area contributed by atoms with Crippen LogP contribution in [0, 0.1) is 12.8 Å². The topological polar surface area (TPSA) is 45.2 Å². The Balaban J connectivity index is 2.64. The summed E-state index contributed by atoms with van der Waals surface area (Å²) in [5.74, 6) is 0.330. The SMILES string of the molecule is Cc1cc(C(=O)NC(CN(C)C)C(C)C)ns1. The predicted molar refractivity (Wildman–Crippen MR) is 71.5 cm³/mol. The van der Waals surface area contributed by atoms with E-state index < -0.39 is 0 Å². The van der Waals surface area contributed by atoms with Crippen molar-refractivity contribution in [2.24, 2.45) is 5.92 Å². The Morgan fingerprint density at radius 2 is 2.18 bits per heavy atom. The Bertz CT molecular complexity index is 374. The Kier molecular flexibility index (Phi) is 5.08. The standard InChI is InChI=1S/C12H21N3OS/c1-8(2)11(7-15(4)5)13-12(16)10-6-9(3)17-14-10/h6,8,11H,7H2,1-5H3,(H,13,16). The van der Waals surface area contributed by atoms with Crippen LogP contribution in [0.5, 0.6) is 0 Å². The lowest BCUT2D eigenvalue weighted by Gasteiger charge is -2.25. The van der Waals surface area contributed by atoms with Crippen LogP contribution in [0.2, 0.25) is 0 Å². The second kappa shape index (κ2) is 6.12. The van der Waals surface area contributed by atoms with Crippen LogP contribution < -0.4 is 5.32 Å². The van der Waals surface area contributed by atoms with E-state index in [1.165, 1.54) is 11.5 Å². The average Bonchev–Trinajstić information content (AvgIpc) is 2.63. The molecule has 0 aromatic carbocycles. The van der Waals surface area contributed by atoms with Gasteiger partial charge in [0.05, 0.1) is 0 Å². The molecule has 0 saturated heterocycles. The zero-order valence-electron chi connectivity index (χ0n) is 11.2. The van der Waals surface area contributed by atoms with Gasteiger partial charge in [0.1, 0.15) is 5.69 Å². The van der Waals surface area contributed by atoms with Gasteiger partial charge in [-0.25, -0.2) is 0 Å². The van der Waals surface area contributed by atoms with Crippen molar-refractivity contribution < 1.29 is 4.79 Å². The Hall–Kier alpha value is -0.940. The molecule has 0 aliphatic heterocycles. The number of nitrogens with zero attached hydrogens (tertiary/aromatic N) is 2. The smallest absolute Gasteiger partial charge is 0.271 e. The fourth-order valence-corrected chi connectivity index (χ4v) is 2.07. The molecule has 4 nitrogen and oxygen atoms in total. The predicted octanol–water partition coefficient (Wildman–Crippen LogP) is 1.77. The zero-order valence-corrected chi connectivity index (χ0v) is 12.0. The van der Waals surface area contributed by atoms with Crippen LogP contribution in [0.25, 0.3) is 0 Å². The van der Waals surface area contributed by atoms with E-state index in [9.17, 15) is 4.79 Å². The van der Waals surface area contributed by atoms with Crippen molar-refractivity contribution in [1.29, 1.82) is 0 Å². The summed E-state index contributed by atoms with van der Waals surface area (Å²) in [5, 5.41) is 3.04. The average molecular weight is 255 g/mol. The van der Waals surface area contributed by atoms with E-state index >= 15 is 0 Å². The highest BCUT2D eigenvalue weighted by Crippen LogP contribution is 2.09. The molecule has 1 N–H and O–H groups in total. The minimum atomic E-state index is -0.0742. The van der Waals surface area contributed by atoms with Crippen LogP contribution >= 0.6 is 11.5 Å². The van der Waals surface area contributed by atoms with E-state index in [0.29, 0.717) is 11.6 Å². The van der Waals surface area contributed by atoms with Gasteiger partial charge in [0.25, 0.3) is 5.91 Å². The zero-order chi connectivity index (χ0) is 13.0. The van der Waals surface area contributed by atoms with E-state index in [-0.39, 0.29) is 11.9 Å². The maximum absolute atomic E-state index is 12.0. The molecule has 1 atom stereocenters. The summed E-state index contributed by atoms with van der Waals surface area (Å²) in [6, 6.07) is 1.98. The van der Waals surface area contributed by atoms with Crippen LogP contribution in [0.1, 0.15) is 29.2 Å². The van der Waals surface area contributed by atoms with Gasteiger partial charge >= 0.3 is 0 Å². The van der Waals surface area contributed by atoms with E-state index in [0.717, 1.165) is 11.4 Å². The van der Waals surface area contributed by atoms with Crippen LogP contribution in [0.4, 0.5) is 0 Å². The molecule has 0 spiro atoms. The molecule has 1 aromatic rings. The molecule has 1 unspecified atom stereocenters. The Morgan fingerprint density at radius 3 is 2.59 bits per heavy atom. The molecule has 0 fully saturated rings. The van der Waals surface area contributed by atoms with E-state index in [2.05, 4.69) is 28.4 Å². The summed E-state index contributed by atoms with van der Waals surface area (Å²) in [7, 11) is 4.02. The van der Waals surface area contributed by atoms with Gasteiger partial charge in [0.2, 0.25) is 0 Å². The molecule has 0 aliphatic rings. The molecule has 1 amide bonds. The fourth-order valence-electron chi connectivity index (χ4n) is 1.53. The number of carbonyl (C=O) groups excluding carboxylic acids is 1. The van der Waals surface area contributed by atoms with Gasteiger partial charge in [0, 0.05) is 17.5 Å². The molecule has 0 radical (unpaired) electrons. The van der Waals surface area contributed by atoms with E-state index in [1.807, 2.05) is 27.1 Å². The fraction of sp³-hybridized carbons (Fsp3) is 0.667. The molecule has 5 heteroatoms. The van der Waals surface area contributed by atoms with Crippen LogP contribution in [0.15, 0.2) is 6.07 Å². The Morgan fingerprint density at radius 1 is 1.53 bits per heavy atom. The normalized spacial score (nSPS) is 13.1. The lowest BCUT2D eigenvalue weighted by molar-refractivity contribution is 0.0912. The first-order valence-electron chi connectivity index (χ1n) is 5.79. The number of aromatic nitrogens is 1. The van der Waals surface area contributed by atoms with Crippen molar-refractivity contribution >= 4 is 17.4 Å². The minimum absolute atomic E-state index is 0.0742. The number of hydrogen-bond acceptors (Lipinski definition) is 4. The molecule has 1 aromatic heterocycles. The number of rotatable bonds is 5. The maximum atomic E-state index is 12.0. The van der Waals surface area contributed by atoms with Gasteiger partial charge in [0.15, 0.2) is 0 Å². The summed E-state index contributed by atoms with van der Waals surface area (Å²) in [4.78, 5) is 15.1. The monoisotopic (exact) mass is 255 g/mol. The third-order valence-corrected chi connectivity index (χ3v) is 3.24. The van der Waals surface area contributed by atoms with Crippen molar-refractivity contribution in [3.63, 3.8) is 0 Å². The summed E-state index contributed by atoms with van der Waals surface area (Å²) in [6.45, 7) is 7.02. The van der Waals surface area contributed by atoms with Crippen molar-refractivity contribution in [2.45, 2.75) is 26.8 Å². The summed E-state index contributed by atoms with van der Waals surface area (Å²) in [6.07, 6.45) is 0. The van der Waals surface area contributed by atoms with Crippen molar-refractivity contribution in [2.75, 3.05) is 20.6 Å². The van der Waals surface area contributed by atoms with Gasteiger partial charge in [-0.1, -0.05) is 13.8 Å². The highest BCUT2D eigenvalue weighted by molar-refractivity contribution is 7.05. The van der Waals surface area contributed by atoms with E-state index in [4.69, 9.17) is 0 Å². The molecule has 0 aliphatic carbocycles. The van der Waals surface area contributed by atoms with Crippen molar-refractivity contribution in [1.82, 2.24) is 14.6 Å².